The van der Waals surface area contributed by atoms with Gasteiger partial charge in [0.1, 0.15) is 0 Å². The number of hydrogen-bond donors (Lipinski definition) is 0. The Morgan fingerprint density at radius 3 is 2.29 bits per heavy atom. The molecule has 1 aliphatic rings. The van der Waals surface area contributed by atoms with E-state index >= 15 is 0 Å². The number of hydrogen-bond acceptors (Lipinski definition) is 3. The van der Waals surface area contributed by atoms with Crippen molar-refractivity contribution in [1.29, 1.82) is 0 Å². The van der Waals surface area contributed by atoms with Crippen molar-refractivity contribution in [2.45, 2.75) is 52.4 Å². The third kappa shape index (κ3) is 4.30. The van der Waals surface area contributed by atoms with Crippen molar-refractivity contribution in [2.75, 3.05) is 26.7 Å². The van der Waals surface area contributed by atoms with Crippen LogP contribution in [0.2, 0.25) is 0 Å². The Labute approximate surface area is 106 Å². The van der Waals surface area contributed by atoms with Gasteiger partial charge < -0.3 is 9.64 Å². The van der Waals surface area contributed by atoms with E-state index in [1.807, 2.05) is 0 Å². The first kappa shape index (κ1) is 14.5. The van der Waals surface area contributed by atoms with Crippen molar-refractivity contribution in [2.24, 2.45) is 5.41 Å². The van der Waals surface area contributed by atoms with Crippen molar-refractivity contribution in [3.63, 3.8) is 0 Å². The number of nitrogens with zero attached hydrogens (tertiary/aromatic N) is 1. The van der Waals surface area contributed by atoms with Crippen molar-refractivity contribution in [3.05, 3.63) is 0 Å². The minimum atomic E-state index is -0.0847. The molecule has 0 aromatic rings. The lowest BCUT2D eigenvalue weighted by Gasteiger charge is -2.41. The third-order valence-corrected chi connectivity index (χ3v) is 4.50. The van der Waals surface area contributed by atoms with Gasteiger partial charge in [0, 0.05) is 6.42 Å². The van der Waals surface area contributed by atoms with Gasteiger partial charge in [0.25, 0.3) is 0 Å². The molecule has 0 amide bonds. The van der Waals surface area contributed by atoms with Crippen LogP contribution in [0.5, 0.6) is 0 Å². The maximum Gasteiger partial charge on any atom is 0.305 e. The van der Waals surface area contributed by atoms with Gasteiger partial charge in [-0.1, -0.05) is 26.7 Å². The molecule has 100 valence electrons. The van der Waals surface area contributed by atoms with Crippen LogP contribution < -0.4 is 0 Å². The number of likely N-dealkylation sites (tertiary alicyclic amines) is 1. The van der Waals surface area contributed by atoms with Crippen LogP contribution in [0.4, 0.5) is 0 Å². The molecule has 1 heterocycles. The number of rotatable bonds is 6. The van der Waals surface area contributed by atoms with E-state index in [-0.39, 0.29) is 5.97 Å². The van der Waals surface area contributed by atoms with Gasteiger partial charge in [-0.3, -0.25) is 4.79 Å². The monoisotopic (exact) mass is 241 g/mol. The molecule has 0 radical (unpaired) electrons. The topological polar surface area (TPSA) is 29.5 Å². The lowest BCUT2D eigenvalue weighted by atomic mass is 9.74. The van der Waals surface area contributed by atoms with E-state index in [0.29, 0.717) is 11.8 Å². The molecule has 0 spiro atoms. The minimum Gasteiger partial charge on any atom is -0.469 e. The van der Waals surface area contributed by atoms with Crippen LogP contribution in [0.15, 0.2) is 0 Å². The van der Waals surface area contributed by atoms with Crippen LogP contribution in [0.25, 0.3) is 0 Å². The lowest BCUT2D eigenvalue weighted by molar-refractivity contribution is -0.140. The summed E-state index contributed by atoms with van der Waals surface area (Å²) in [6, 6.07) is 0. The fourth-order valence-corrected chi connectivity index (χ4v) is 2.76. The number of carbonyl (C=O) groups excluding carboxylic acids is 1. The molecule has 3 nitrogen and oxygen atoms in total. The number of carbonyl (C=O) groups is 1. The van der Waals surface area contributed by atoms with Crippen molar-refractivity contribution in [1.82, 2.24) is 4.90 Å². The van der Waals surface area contributed by atoms with E-state index < -0.39 is 0 Å². The van der Waals surface area contributed by atoms with Crippen LogP contribution >= 0.6 is 0 Å². The molecule has 0 aromatic heterocycles. The van der Waals surface area contributed by atoms with Crippen LogP contribution in [0, 0.1) is 5.41 Å². The molecule has 0 N–H and O–H groups in total. The fourth-order valence-electron chi connectivity index (χ4n) is 2.76. The Morgan fingerprint density at radius 1 is 1.24 bits per heavy atom. The Bertz CT molecular complexity index is 226. The number of piperidine rings is 1. The molecule has 1 fully saturated rings. The summed E-state index contributed by atoms with van der Waals surface area (Å²) < 4.78 is 4.65. The summed E-state index contributed by atoms with van der Waals surface area (Å²) >= 11 is 0. The Kier molecular flexibility index (Phi) is 5.96. The maximum absolute atomic E-state index is 11.0. The summed E-state index contributed by atoms with van der Waals surface area (Å²) in [7, 11) is 1.46. The molecule has 0 aromatic carbocycles. The zero-order valence-electron chi connectivity index (χ0n) is 11.6. The second kappa shape index (κ2) is 7.00. The normalized spacial score (nSPS) is 20.2. The van der Waals surface area contributed by atoms with E-state index in [1.165, 1.54) is 45.9 Å². The van der Waals surface area contributed by atoms with Crippen molar-refractivity contribution < 1.29 is 9.53 Å². The Morgan fingerprint density at radius 2 is 1.82 bits per heavy atom. The second-order valence-corrected chi connectivity index (χ2v) is 5.23. The van der Waals surface area contributed by atoms with Gasteiger partial charge in [-0.15, -0.1) is 0 Å². The van der Waals surface area contributed by atoms with Gasteiger partial charge in [-0.2, -0.15) is 0 Å². The summed E-state index contributed by atoms with van der Waals surface area (Å²) in [5.74, 6) is -0.0847. The highest BCUT2D eigenvalue weighted by Crippen LogP contribution is 2.37. The Hall–Kier alpha value is -0.570. The van der Waals surface area contributed by atoms with Crippen LogP contribution in [-0.4, -0.2) is 37.6 Å². The van der Waals surface area contributed by atoms with Gasteiger partial charge in [-0.05, 0) is 44.3 Å². The summed E-state index contributed by atoms with van der Waals surface area (Å²) in [6.07, 6.45) is 6.73. The molecular formula is C14H27NO2. The second-order valence-electron chi connectivity index (χ2n) is 5.23. The minimum absolute atomic E-state index is 0.0847. The molecule has 0 aliphatic carbocycles. The first-order valence-corrected chi connectivity index (χ1v) is 6.95. The number of methoxy groups -OCH3 is 1. The third-order valence-electron chi connectivity index (χ3n) is 4.50. The van der Waals surface area contributed by atoms with E-state index in [0.717, 1.165) is 13.0 Å². The van der Waals surface area contributed by atoms with Gasteiger partial charge >= 0.3 is 5.97 Å². The van der Waals surface area contributed by atoms with Gasteiger partial charge in [0.05, 0.1) is 7.11 Å². The van der Waals surface area contributed by atoms with E-state index in [9.17, 15) is 4.79 Å². The highest BCUT2D eigenvalue weighted by molar-refractivity contribution is 5.69. The standard InChI is InChI=1S/C14H27NO2/c1-4-14(5-2)8-11-15(12-9-14)10-6-7-13(16)17-3/h4-12H2,1-3H3. The zero-order valence-corrected chi connectivity index (χ0v) is 11.6. The molecule has 0 saturated carbocycles. The summed E-state index contributed by atoms with van der Waals surface area (Å²) in [5.41, 5.74) is 0.596. The van der Waals surface area contributed by atoms with E-state index in [1.54, 1.807) is 0 Å². The average molecular weight is 241 g/mol. The predicted molar refractivity (Wildman–Crippen MR) is 69.9 cm³/mol. The molecule has 0 unspecified atom stereocenters. The van der Waals surface area contributed by atoms with Crippen molar-refractivity contribution >= 4 is 5.97 Å². The van der Waals surface area contributed by atoms with Crippen LogP contribution in [0.3, 0.4) is 0 Å². The zero-order chi connectivity index (χ0) is 12.7. The van der Waals surface area contributed by atoms with Crippen LogP contribution in [-0.2, 0) is 9.53 Å². The molecule has 0 bridgehead atoms. The Balaban J connectivity index is 2.21. The SMILES string of the molecule is CCC1(CC)CCN(CCCC(=O)OC)CC1. The average Bonchev–Trinajstić information content (AvgIpc) is 2.39. The summed E-state index contributed by atoms with van der Waals surface area (Å²) in [5, 5.41) is 0. The largest absolute Gasteiger partial charge is 0.469 e. The van der Waals surface area contributed by atoms with E-state index in [4.69, 9.17) is 0 Å². The highest BCUT2D eigenvalue weighted by atomic mass is 16.5. The van der Waals surface area contributed by atoms with Gasteiger partial charge in [-0.25, -0.2) is 0 Å². The first-order chi connectivity index (χ1) is 8.15. The van der Waals surface area contributed by atoms with E-state index in [2.05, 4.69) is 23.5 Å². The van der Waals surface area contributed by atoms with Gasteiger partial charge in [0.15, 0.2) is 0 Å². The van der Waals surface area contributed by atoms with Crippen LogP contribution in [0.1, 0.15) is 52.4 Å². The molecule has 1 saturated heterocycles. The molecule has 0 atom stereocenters. The summed E-state index contributed by atoms with van der Waals surface area (Å²) in [6.45, 7) is 8.07. The van der Waals surface area contributed by atoms with Crippen molar-refractivity contribution in [3.8, 4) is 0 Å². The highest BCUT2D eigenvalue weighted by Gasteiger charge is 2.30. The molecule has 3 heteroatoms. The predicted octanol–water partition coefficient (Wildman–Crippen LogP) is 2.84. The first-order valence-electron chi connectivity index (χ1n) is 6.95. The molecule has 1 aliphatic heterocycles. The van der Waals surface area contributed by atoms with Gasteiger partial charge in [0.2, 0.25) is 0 Å². The quantitative estimate of drug-likeness (QED) is 0.670. The molecule has 1 rings (SSSR count). The fraction of sp³-hybridized carbons (Fsp3) is 0.929. The maximum atomic E-state index is 11.0. The molecular weight excluding hydrogens is 214 g/mol. The lowest BCUT2D eigenvalue weighted by Crippen LogP contribution is -2.40. The summed E-state index contributed by atoms with van der Waals surface area (Å²) in [4.78, 5) is 13.5. The number of esters is 1. The molecule has 17 heavy (non-hydrogen) atoms. The number of ether oxygens (including phenoxy) is 1. The smallest absolute Gasteiger partial charge is 0.305 e.